The summed E-state index contributed by atoms with van der Waals surface area (Å²) >= 11 is 0. The van der Waals surface area contributed by atoms with Crippen LogP contribution in [-0.4, -0.2) is 38.0 Å². The maximum atomic E-state index is 11.3. The van der Waals surface area contributed by atoms with Gasteiger partial charge in [0, 0.05) is 19.8 Å². The van der Waals surface area contributed by atoms with Crippen LogP contribution in [0.5, 0.6) is 0 Å². The lowest BCUT2D eigenvalue weighted by molar-refractivity contribution is -0.160. The summed E-state index contributed by atoms with van der Waals surface area (Å²) in [6, 6.07) is 0. The fourth-order valence-corrected chi connectivity index (χ4v) is 1.52. The molecule has 0 amide bonds. The number of ether oxygens (including phenoxy) is 3. The Morgan fingerprint density at radius 1 is 0.895 bits per heavy atom. The highest BCUT2D eigenvalue weighted by Crippen LogP contribution is 2.06. The van der Waals surface area contributed by atoms with Crippen molar-refractivity contribution < 1.29 is 19.0 Å². The van der Waals surface area contributed by atoms with E-state index in [2.05, 4.69) is 6.92 Å². The van der Waals surface area contributed by atoms with E-state index in [1.165, 1.54) is 19.3 Å². The van der Waals surface area contributed by atoms with Gasteiger partial charge in [0.2, 0.25) is 0 Å². The van der Waals surface area contributed by atoms with Crippen LogP contribution in [-0.2, 0) is 19.0 Å². The molecule has 0 unspecified atom stereocenters. The molecule has 0 N–H and O–H groups in total. The Morgan fingerprint density at radius 2 is 1.53 bits per heavy atom. The average molecular weight is 274 g/mol. The average Bonchev–Trinajstić information content (AvgIpc) is 2.29. The molecule has 0 bridgehead atoms. The lowest BCUT2D eigenvalue weighted by Crippen LogP contribution is -2.26. The number of unbranched alkanes of at least 4 members (excludes halogenated alkanes) is 3. The van der Waals surface area contributed by atoms with Crippen molar-refractivity contribution in [3.63, 3.8) is 0 Å². The van der Waals surface area contributed by atoms with Gasteiger partial charge in [0.05, 0.1) is 0 Å². The van der Waals surface area contributed by atoms with E-state index in [-0.39, 0.29) is 12.6 Å². The molecule has 4 heteroatoms. The van der Waals surface area contributed by atoms with Crippen molar-refractivity contribution in [2.24, 2.45) is 0 Å². The lowest BCUT2D eigenvalue weighted by atomic mass is 10.2. The van der Waals surface area contributed by atoms with Gasteiger partial charge in [0.15, 0.2) is 0 Å². The largest absolute Gasteiger partial charge is 0.458 e. The zero-order valence-electron chi connectivity index (χ0n) is 13.0. The quantitative estimate of drug-likeness (QED) is 0.428. The summed E-state index contributed by atoms with van der Waals surface area (Å²) in [5.41, 5.74) is -0.442. The molecule has 0 rings (SSSR count). The number of carbonyl (C=O) groups excluding carboxylic acids is 1. The molecule has 0 spiro atoms. The van der Waals surface area contributed by atoms with Crippen LogP contribution in [0.2, 0.25) is 0 Å². The summed E-state index contributed by atoms with van der Waals surface area (Å²) in [7, 11) is 0. The second-order valence-electron chi connectivity index (χ2n) is 5.67. The summed E-state index contributed by atoms with van der Waals surface area (Å²) in [6.07, 6.45) is 5.72. The van der Waals surface area contributed by atoms with Gasteiger partial charge in [-0.05, 0) is 33.6 Å². The van der Waals surface area contributed by atoms with E-state index in [0.29, 0.717) is 13.2 Å². The first kappa shape index (κ1) is 18.4. The summed E-state index contributed by atoms with van der Waals surface area (Å²) in [5.74, 6) is -0.312. The number of esters is 1. The van der Waals surface area contributed by atoms with Crippen molar-refractivity contribution in [1.82, 2.24) is 0 Å². The van der Waals surface area contributed by atoms with Crippen LogP contribution < -0.4 is 0 Å². The third-order valence-corrected chi connectivity index (χ3v) is 2.36. The molecule has 0 saturated heterocycles. The number of hydrogen-bond acceptors (Lipinski definition) is 4. The Hall–Kier alpha value is -0.610. The molecule has 0 aliphatic rings. The Bertz CT molecular complexity index is 221. The van der Waals surface area contributed by atoms with E-state index >= 15 is 0 Å². The first-order valence-corrected chi connectivity index (χ1v) is 7.33. The molecule has 4 nitrogen and oxygen atoms in total. The minimum Gasteiger partial charge on any atom is -0.458 e. The third-order valence-electron chi connectivity index (χ3n) is 2.36. The van der Waals surface area contributed by atoms with Gasteiger partial charge in [-0.2, -0.15) is 0 Å². The Morgan fingerprint density at radius 3 is 2.16 bits per heavy atom. The van der Waals surface area contributed by atoms with Gasteiger partial charge in [-0.25, -0.2) is 4.79 Å². The maximum Gasteiger partial charge on any atom is 0.332 e. The topological polar surface area (TPSA) is 44.8 Å². The van der Waals surface area contributed by atoms with Gasteiger partial charge in [-0.1, -0.05) is 26.2 Å². The summed E-state index contributed by atoms with van der Waals surface area (Å²) in [6.45, 7) is 9.81. The van der Waals surface area contributed by atoms with Crippen molar-refractivity contribution in [2.45, 2.75) is 65.4 Å². The van der Waals surface area contributed by atoms with Crippen molar-refractivity contribution in [3.8, 4) is 0 Å². The second-order valence-corrected chi connectivity index (χ2v) is 5.67. The normalized spacial score (nSPS) is 11.6. The van der Waals surface area contributed by atoms with E-state index in [1.807, 2.05) is 20.8 Å². The van der Waals surface area contributed by atoms with Crippen LogP contribution in [0, 0.1) is 0 Å². The molecule has 0 fully saturated rings. The van der Waals surface area contributed by atoms with Crippen LogP contribution in [0.15, 0.2) is 0 Å². The Kier molecular flexibility index (Phi) is 10.9. The molecule has 0 aliphatic carbocycles. The molecule has 0 heterocycles. The zero-order valence-corrected chi connectivity index (χ0v) is 13.0. The molecule has 0 aromatic heterocycles. The van der Waals surface area contributed by atoms with E-state index in [0.717, 1.165) is 19.4 Å². The zero-order chi connectivity index (χ0) is 14.6. The molecule has 0 aromatic carbocycles. The fourth-order valence-electron chi connectivity index (χ4n) is 1.52. The monoisotopic (exact) mass is 274 g/mol. The SMILES string of the molecule is CCCCCCOCCCOCC(=O)OC(C)(C)C. The van der Waals surface area contributed by atoms with Crippen LogP contribution in [0.3, 0.4) is 0 Å². The Labute approximate surface area is 117 Å². The lowest BCUT2D eigenvalue weighted by Gasteiger charge is -2.19. The molecule has 0 radical (unpaired) electrons. The standard InChI is InChI=1S/C15H30O4/c1-5-6-7-8-10-17-11-9-12-18-13-14(16)19-15(2,3)4/h5-13H2,1-4H3. The van der Waals surface area contributed by atoms with E-state index in [1.54, 1.807) is 0 Å². The third kappa shape index (κ3) is 15.3. The summed E-state index contributed by atoms with van der Waals surface area (Å²) < 4.78 is 15.8. The minimum absolute atomic E-state index is 0.0216. The molecule has 0 aliphatic heterocycles. The van der Waals surface area contributed by atoms with Crippen molar-refractivity contribution >= 4 is 5.97 Å². The molecule has 0 atom stereocenters. The van der Waals surface area contributed by atoms with Gasteiger partial charge in [-0.3, -0.25) is 0 Å². The van der Waals surface area contributed by atoms with Gasteiger partial charge < -0.3 is 14.2 Å². The smallest absolute Gasteiger partial charge is 0.332 e. The highest BCUT2D eigenvalue weighted by atomic mass is 16.6. The van der Waals surface area contributed by atoms with Crippen molar-refractivity contribution in [1.29, 1.82) is 0 Å². The second kappa shape index (κ2) is 11.2. The van der Waals surface area contributed by atoms with Crippen LogP contribution >= 0.6 is 0 Å². The fraction of sp³-hybridized carbons (Fsp3) is 0.933. The van der Waals surface area contributed by atoms with Crippen molar-refractivity contribution in [3.05, 3.63) is 0 Å². The molecule has 0 saturated carbocycles. The summed E-state index contributed by atoms with van der Waals surface area (Å²) in [4.78, 5) is 11.3. The van der Waals surface area contributed by atoms with E-state index in [4.69, 9.17) is 14.2 Å². The van der Waals surface area contributed by atoms with E-state index < -0.39 is 5.60 Å². The van der Waals surface area contributed by atoms with Gasteiger partial charge in [0.1, 0.15) is 12.2 Å². The molecule has 0 aromatic rings. The van der Waals surface area contributed by atoms with Gasteiger partial charge >= 0.3 is 5.97 Å². The van der Waals surface area contributed by atoms with E-state index in [9.17, 15) is 4.79 Å². The first-order chi connectivity index (χ1) is 8.95. The Balaban J connectivity index is 3.21. The van der Waals surface area contributed by atoms with Crippen molar-refractivity contribution in [2.75, 3.05) is 26.4 Å². The highest BCUT2D eigenvalue weighted by Gasteiger charge is 2.15. The highest BCUT2D eigenvalue weighted by molar-refractivity contribution is 5.71. The number of hydrogen-bond donors (Lipinski definition) is 0. The maximum absolute atomic E-state index is 11.3. The van der Waals surface area contributed by atoms with Crippen LogP contribution in [0.4, 0.5) is 0 Å². The number of rotatable bonds is 11. The predicted octanol–water partition coefficient (Wildman–Crippen LogP) is 3.33. The van der Waals surface area contributed by atoms with Crippen LogP contribution in [0.1, 0.15) is 59.8 Å². The van der Waals surface area contributed by atoms with Gasteiger partial charge in [0.25, 0.3) is 0 Å². The summed E-state index contributed by atoms with van der Waals surface area (Å²) in [5, 5.41) is 0. The minimum atomic E-state index is -0.442. The number of carbonyl (C=O) groups is 1. The molecule has 114 valence electrons. The molecule has 19 heavy (non-hydrogen) atoms. The molecular weight excluding hydrogens is 244 g/mol. The van der Waals surface area contributed by atoms with Crippen LogP contribution in [0.25, 0.3) is 0 Å². The predicted molar refractivity (Wildman–Crippen MR) is 76.2 cm³/mol. The first-order valence-electron chi connectivity index (χ1n) is 7.33. The molecular formula is C15H30O4. The van der Waals surface area contributed by atoms with Gasteiger partial charge in [-0.15, -0.1) is 0 Å².